The van der Waals surface area contributed by atoms with Gasteiger partial charge in [-0.3, -0.25) is 9.52 Å². The summed E-state index contributed by atoms with van der Waals surface area (Å²) in [6, 6.07) is 5.08. The highest BCUT2D eigenvalue weighted by Gasteiger charge is 2.19. The average molecular weight is 297 g/mol. The molecule has 0 bridgehead atoms. The predicted molar refractivity (Wildman–Crippen MR) is 78.4 cm³/mol. The number of nitrogens with one attached hydrogen (secondary N) is 2. The first-order chi connectivity index (χ1) is 9.37. The van der Waals surface area contributed by atoms with Gasteiger partial charge in [-0.1, -0.05) is 6.07 Å². The van der Waals surface area contributed by atoms with E-state index in [1.165, 1.54) is 0 Å². The van der Waals surface area contributed by atoms with Crippen LogP contribution in [0.5, 0.6) is 0 Å². The maximum absolute atomic E-state index is 12.3. The number of piperazine rings is 1. The van der Waals surface area contributed by atoms with Gasteiger partial charge in [-0.2, -0.15) is 0 Å². The summed E-state index contributed by atoms with van der Waals surface area (Å²) in [5, 5.41) is 3.19. The molecule has 7 heteroatoms. The summed E-state index contributed by atoms with van der Waals surface area (Å²) in [6.07, 6.45) is 1.09. The van der Waals surface area contributed by atoms with Gasteiger partial charge in [0, 0.05) is 31.7 Å². The van der Waals surface area contributed by atoms with Gasteiger partial charge in [0.2, 0.25) is 10.0 Å². The maximum atomic E-state index is 12.3. The molecule has 2 N–H and O–H groups in total. The van der Waals surface area contributed by atoms with Crippen molar-refractivity contribution in [3.05, 3.63) is 29.3 Å². The van der Waals surface area contributed by atoms with Crippen LogP contribution in [-0.2, 0) is 10.0 Å². The topological polar surface area (TPSA) is 78.5 Å². The molecule has 0 spiro atoms. The molecular weight excluding hydrogens is 278 g/mol. The van der Waals surface area contributed by atoms with Gasteiger partial charge in [-0.05, 0) is 24.6 Å². The third kappa shape index (κ3) is 3.71. The van der Waals surface area contributed by atoms with Crippen LogP contribution < -0.4 is 10.0 Å². The number of benzene rings is 1. The van der Waals surface area contributed by atoms with Crippen molar-refractivity contribution in [3.8, 4) is 0 Å². The first-order valence-corrected chi connectivity index (χ1v) is 8.34. The zero-order valence-electron chi connectivity index (χ0n) is 11.6. The quantitative estimate of drug-likeness (QED) is 0.847. The summed E-state index contributed by atoms with van der Waals surface area (Å²) < 4.78 is 25.1. The van der Waals surface area contributed by atoms with Gasteiger partial charge >= 0.3 is 0 Å². The fraction of sp³-hybridized carbons (Fsp3) is 0.462. The molecule has 6 nitrogen and oxygen atoms in total. The van der Waals surface area contributed by atoms with Crippen LogP contribution in [0, 0.1) is 6.92 Å². The highest BCUT2D eigenvalue weighted by molar-refractivity contribution is 7.92. The number of hydrogen-bond acceptors (Lipinski definition) is 4. The Kier molecular flexibility index (Phi) is 4.29. The summed E-state index contributed by atoms with van der Waals surface area (Å²) >= 11 is 0. The summed E-state index contributed by atoms with van der Waals surface area (Å²) in [5.74, 6) is -0.0666. The largest absolute Gasteiger partial charge is 0.336 e. The first-order valence-electron chi connectivity index (χ1n) is 6.45. The summed E-state index contributed by atoms with van der Waals surface area (Å²) in [6.45, 7) is 4.70. The molecule has 1 aliphatic heterocycles. The number of aryl methyl sites for hydroxylation is 1. The van der Waals surface area contributed by atoms with Gasteiger partial charge in [0.1, 0.15) is 0 Å². The van der Waals surface area contributed by atoms with Crippen LogP contribution in [-0.4, -0.2) is 51.7 Å². The molecular formula is C13H19N3O3S. The highest BCUT2D eigenvalue weighted by atomic mass is 32.2. The second-order valence-corrected chi connectivity index (χ2v) is 6.69. The number of carbonyl (C=O) groups is 1. The Morgan fingerprint density at radius 1 is 1.30 bits per heavy atom. The van der Waals surface area contributed by atoms with Crippen molar-refractivity contribution in [2.45, 2.75) is 6.92 Å². The fourth-order valence-corrected chi connectivity index (χ4v) is 2.73. The van der Waals surface area contributed by atoms with E-state index in [2.05, 4.69) is 10.0 Å². The van der Waals surface area contributed by atoms with Gasteiger partial charge in [-0.15, -0.1) is 0 Å². The molecule has 2 rings (SSSR count). The van der Waals surface area contributed by atoms with Crippen molar-refractivity contribution < 1.29 is 13.2 Å². The minimum absolute atomic E-state index is 0.0666. The molecule has 110 valence electrons. The first kappa shape index (κ1) is 14.8. The van der Waals surface area contributed by atoms with Crippen molar-refractivity contribution in [1.82, 2.24) is 10.2 Å². The molecule has 0 saturated carbocycles. The number of amides is 1. The van der Waals surface area contributed by atoms with E-state index in [1.54, 1.807) is 30.0 Å². The van der Waals surface area contributed by atoms with E-state index in [4.69, 9.17) is 0 Å². The van der Waals surface area contributed by atoms with Gasteiger partial charge in [0.15, 0.2) is 0 Å². The predicted octanol–water partition coefficient (Wildman–Crippen LogP) is 0.412. The van der Waals surface area contributed by atoms with Crippen LogP contribution in [0.2, 0.25) is 0 Å². The van der Waals surface area contributed by atoms with Gasteiger partial charge in [-0.25, -0.2) is 8.42 Å². The third-order valence-corrected chi connectivity index (χ3v) is 3.77. The zero-order chi connectivity index (χ0) is 14.8. The SMILES string of the molecule is Cc1ccc(C(=O)N2CCNCC2)cc1NS(C)(=O)=O. The lowest BCUT2D eigenvalue weighted by Gasteiger charge is -2.27. The molecule has 1 aliphatic rings. The van der Waals surface area contributed by atoms with Gasteiger partial charge < -0.3 is 10.2 Å². The van der Waals surface area contributed by atoms with Crippen LogP contribution in [0.1, 0.15) is 15.9 Å². The molecule has 0 aromatic heterocycles. The summed E-state index contributed by atoms with van der Waals surface area (Å²) in [7, 11) is -3.35. The Morgan fingerprint density at radius 2 is 1.95 bits per heavy atom. The monoisotopic (exact) mass is 297 g/mol. The van der Waals surface area contributed by atoms with Gasteiger partial charge in [0.25, 0.3) is 5.91 Å². The third-order valence-electron chi connectivity index (χ3n) is 3.18. The minimum Gasteiger partial charge on any atom is -0.336 e. The Balaban J connectivity index is 2.24. The van der Waals surface area contributed by atoms with Crippen LogP contribution in [0.4, 0.5) is 5.69 Å². The van der Waals surface area contributed by atoms with Crippen molar-refractivity contribution in [2.24, 2.45) is 0 Å². The number of hydrogen-bond donors (Lipinski definition) is 2. The molecule has 20 heavy (non-hydrogen) atoms. The van der Waals surface area contributed by atoms with Crippen LogP contribution in [0.15, 0.2) is 18.2 Å². The van der Waals surface area contributed by atoms with Crippen LogP contribution in [0.3, 0.4) is 0 Å². The van der Waals surface area contributed by atoms with E-state index >= 15 is 0 Å². The van der Waals surface area contributed by atoms with E-state index < -0.39 is 10.0 Å². The van der Waals surface area contributed by atoms with Gasteiger partial charge in [0.05, 0.1) is 11.9 Å². The molecule has 1 fully saturated rings. The highest BCUT2D eigenvalue weighted by Crippen LogP contribution is 2.19. The number of nitrogens with zero attached hydrogens (tertiary/aromatic N) is 1. The molecule has 1 saturated heterocycles. The summed E-state index contributed by atoms with van der Waals surface area (Å²) in [5.41, 5.74) is 1.74. The molecule has 0 atom stereocenters. The van der Waals surface area contributed by atoms with Crippen LogP contribution in [0.25, 0.3) is 0 Å². The molecule has 1 heterocycles. The molecule has 0 unspecified atom stereocenters. The van der Waals surface area contributed by atoms with E-state index in [-0.39, 0.29) is 5.91 Å². The molecule has 0 radical (unpaired) electrons. The molecule has 1 aromatic rings. The lowest BCUT2D eigenvalue weighted by molar-refractivity contribution is 0.0736. The molecule has 1 aromatic carbocycles. The van der Waals surface area contributed by atoms with Crippen molar-refractivity contribution >= 4 is 21.6 Å². The number of sulfonamides is 1. The number of rotatable bonds is 3. The van der Waals surface area contributed by atoms with Crippen molar-refractivity contribution in [3.63, 3.8) is 0 Å². The fourth-order valence-electron chi connectivity index (χ4n) is 2.12. The standard InChI is InChI=1S/C13H19N3O3S/c1-10-3-4-11(9-12(10)15-20(2,18)19)13(17)16-7-5-14-6-8-16/h3-4,9,14-15H,5-8H2,1-2H3. The van der Waals surface area contributed by atoms with Crippen molar-refractivity contribution in [2.75, 3.05) is 37.2 Å². The van der Waals surface area contributed by atoms with E-state index in [0.717, 1.165) is 24.9 Å². The number of carbonyl (C=O) groups excluding carboxylic acids is 1. The molecule has 0 aliphatic carbocycles. The van der Waals surface area contributed by atoms with E-state index in [1.807, 2.05) is 0 Å². The zero-order valence-corrected chi connectivity index (χ0v) is 12.5. The Labute approximate surface area is 119 Å². The Hall–Kier alpha value is -1.60. The minimum atomic E-state index is -3.35. The summed E-state index contributed by atoms with van der Waals surface area (Å²) in [4.78, 5) is 14.1. The maximum Gasteiger partial charge on any atom is 0.254 e. The number of anilines is 1. The second kappa shape index (κ2) is 5.80. The smallest absolute Gasteiger partial charge is 0.254 e. The normalized spacial score (nSPS) is 16.0. The average Bonchev–Trinajstić information content (AvgIpc) is 2.40. The van der Waals surface area contributed by atoms with E-state index in [0.29, 0.717) is 24.3 Å². The van der Waals surface area contributed by atoms with E-state index in [9.17, 15) is 13.2 Å². The van der Waals surface area contributed by atoms with Crippen LogP contribution >= 0.6 is 0 Å². The lowest BCUT2D eigenvalue weighted by Crippen LogP contribution is -2.46. The van der Waals surface area contributed by atoms with Crippen molar-refractivity contribution in [1.29, 1.82) is 0 Å². The Morgan fingerprint density at radius 3 is 2.55 bits per heavy atom. The molecule has 1 amide bonds. The second-order valence-electron chi connectivity index (χ2n) is 4.95. The lowest BCUT2D eigenvalue weighted by atomic mass is 10.1. The Bertz CT molecular complexity index is 607.